The van der Waals surface area contributed by atoms with E-state index < -0.39 is 5.79 Å². The van der Waals surface area contributed by atoms with E-state index in [2.05, 4.69) is 0 Å². The summed E-state index contributed by atoms with van der Waals surface area (Å²) < 4.78 is 20.7. The highest BCUT2D eigenvalue weighted by Gasteiger charge is 2.31. The Morgan fingerprint density at radius 2 is 1.46 bits per heavy atom. The van der Waals surface area contributed by atoms with Crippen molar-refractivity contribution in [2.24, 2.45) is 0 Å². The summed E-state index contributed by atoms with van der Waals surface area (Å²) in [5.41, 5.74) is 0. The summed E-state index contributed by atoms with van der Waals surface area (Å²) in [4.78, 5) is 0. The van der Waals surface area contributed by atoms with Crippen LogP contribution in [0.5, 0.6) is 0 Å². The molecule has 0 amide bonds. The van der Waals surface area contributed by atoms with Gasteiger partial charge in [0.05, 0.1) is 6.42 Å². The number of rotatable bonds is 7. The van der Waals surface area contributed by atoms with Crippen LogP contribution in [0.1, 0.15) is 19.8 Å². The van der Waals surface area contributed by atoms with E-state index in [9.17, 15) is 0 Å². The maximum atomic E-state index is 5.29. The first-order chi connectivity index (χ1) is 6.17. The van der Waals surface area contributed by atoms with Gasteiger partial charge in [0.1, 0.15) is 0 Å². The number of hydrogen-bond donors (Lipinski definition) is 0. The first-order valence-electron chi connectivity index (χ1n) is 4.34. The summed E-state index contributed by atoms with van der Waals surface area (Å²) >= 11 is 0. The zero-order valence-corrected chi connectivity index (χ0v) is 9.12. The first kappa shape index (κ1) is 12.8. The highest BCUT2D eigenvalue weighted by atomic mass is 16.7. The molecule has 0 unspecified atom stereocenters. The molecule has 0 aliphatic rings. The van der Waals surface area contributed by atoms with Crippen molar-refractivity contribution in [1.82, 2.24) is 0 Å². The Morgan fingerprint density at radius 3 is 1.69 bits per heavy atom. The standard InChI is InChI=1S/C9H20O4/c1-6-9(12-4,13-5)7-8(10-2)11-3/h8H,6-7H2,1-5H3. The number of hydrogen-bond acceptors (Lipinski definition) is 4. The first-order valence-corrected chi connectivity index (χ1v) is 4.34. The second-order valence-corrected chi connectivity index (χ2v) is 2.78. The highest BCUT2D eigenvalue weighted by Crippen LogP contribution is 2.23. The Balaban J connectivity index is 4.21. The quantitative estimate of drug-likeness (QED) is 0.571. The average Bonchev–Trinajstić information content (AvgIpc) is 2.21. The van der Waals surface area contributed by atoms with Crippen LogP contribution in [0.4, 0.5) is 0 Å². The molecule has 0 rings (SSSR count). The normalized spacial score (nSPS) is 12.5. The van der Waals surface area contributed by atoms with E-state index in [4.69, 9.17) is 18.9 Å². The lowest BCUT2D eigenvalue weighted by Gasteiger charge is -2.32. The predicted molar refractivity (Wildman–Crippen MR) is 49.5 cm³/mol. The van der Waals surface area contributed by atoms with Gasteiger partial charge in [0.2, 0.25) is 0 Å². The summed E-state index contributed by atoms with van der Waals surface area (Å²) in [6.45, 7) is 2.00. The molecule has 0 radical (unpaired) electrons. The van der Waals surface area contributed by atoms with Gasteiger partial charge in [-0.2, -0.15) is 0 Å². The average molecular weight is 192 g/mol. The summed E-state index contributed by atoms with van der Waals surface area (Å²) in [6.07, 6.45) is 1.02. The molecular weight excluding hydrogens is 172 g/mol. The Labute approximate surface area is 80.1 Å². The molecule has 0 heterocycles. The molecular formula is C9H20O4. The fraction of sp³-hybridized carbons (Fsp3) is 1.00. The largest absolute Gasteiger partial charge is 0.356 e. The van der Waals surface area contributed by atoms with E-state index in [1.54, 1.807) is 28.4 Å². The second kappa shape index (κ2) is 6.32. The zero-order chi connectivity index (χ0) is 10.3. The summed E-state index contributed by atoms with van der Waals surface area (Å²) in [7, 11) is 6.44. The molecule has 0 aliphatic carbocycles. The van der Waals surface area contributed by atoms with Gasteiger partial charge in [-0.3, -0.25) is 0 Å². The molecule has 0 aromatic rings. The van der Waals surface area contributed by atoms with Gasteiger partial charge in [-0.1, -0.05) is 6.92 Å². The van der Waals surface area contributed by atoms with E-state index in [0.717, 1.165) is 6.42 Å². The molecule has 0 saturated carbocycles. The van der Waals surface area contributed by atoms with Crippen LogP contribution in [0.2, 0.25) is 0 Å². The molecule has 0 atom stereocenters. The van der Waals surface area contributed by atoms with Crippen molar-refractivity contribution < 1.29 is 18.9 Å². The lowest BCUT2D eigenvalue weighted by atomic mass is 10.1. The van der Waals surface area contributed by atoms with E-state index >= 15 is 0 Å². The number of ether oxygens (including phenoxy) is 4. The van der Waals surface area contributed by atoms with Crippen LogP contribution in [0.3, 0.4) is 0 Å². The summed E-state index contributed by atoms with van der Waals surface area (Å²) in [5.74, 6) is -0.601. The molecule has 13 heavy (non-hydrogen) atoms. The fourth-order valence-corrected chi connectivity index (χ4v) is 1.20. The van der Waals surface area contributed by atoms with Crippen LogP contribution >= 0.6 is 0 Å². The van der Waals surface area contributed by atoms with Crippen molar-refractivity contribution in [3.05, 3.63) is 0 Å². The molecule has 4 nitrogen and oxygen atoms in total. The van der Waals surface area contributed by atoms with Gasteiger partial charge in [0, 0.05) is 28.4 Å². The maximum Gasteiger partial charge on any atom is 0.172 e. The molecule has 0 aromatic heterocycles. The Kier molecular flexibility index (Phi) is 6.24. The summed E-state index contributed by atoms with van der Waals surface area (Å²) in [6, 6.07) is 0. The SMILES string of the molecule is CCC(CC(OC)OC)(OC)OC. The number of methoxy groups -OCH3 is 4. The van der Waals surface area contributed by atoms with Crippen molar-refractivity contribution >= 4 is 0 Å². The maximum absolute atomic E-state index is 5.29. The summed E-state index contributed by atoms with van der Waals surface area (Å²) in [5, 5.41) is 0. The van der Waals surface area contributed by atoms with Gasteiger partial charge in [0.15, 0.2) is 12.1 Å². The van der Waals surface area contributed by atoms with Gasteiger partial charge in [0.25, 0.3) is 0 Å². The van der Waals surface area contributed by atoms with Gasteiger partial charge in [-0.05, 0) is 6.42 Å². The Bertz CT molecular complexity index is 111. The molecule has 0 fully saturated rings. The van der Waals surface area contributed by atoms with Gasteiger partial charge in [-0.15, -0.1) is 0 Å². The van der Waals surface area contributed by atoms with Crippen molar-refractivity contribution in [2.45, 2.75) is 31.8 Å². The minimum absolute atomic E-state index is 0.292. The monoisotopic (exact) mass is 192 g/mol. The van der Waals surface area contributed by atoms with Crippen molar-refractivity contribution in [1.29, 1.82) is 0 Å². The molecule has 0 spiro atoms. The van der Waals surface area contributed by atoms with E-state index in [0.29, 0.717) is 6.42 Å². The molecule has 0 aliphatic heterocycles. The molecule has 4 heteroatoms. The van der Waals surface area contributed by atoms with E-state index in [1.807, 2.05) is 6.92 Å². The van der Waals surface area contributed by atoms with Gasteiger partial charge < -0.3 is 18.9 Å². The van der Waals surface area contributed by atoms with Crippen LogP contribution < -0.4 is 0 Å². The lowest BCUT2D eigenvalue weighted by molar-refractivity contribution is -0.250. The van der Waals surface area contributed by atoms with Crippen LogP contribution in [0, 0.1) is 0 Å². The van der Waals surface area contributed by atoms with E-state index in [-0.39, 0.29) is 6.29 Å². The Hall–Kier alpha value is -0.160. The molecule has 0 N–H and O–H groups in total. The third-order valence-corrected chi connectivity index (χ3v) is 2.29. The van der Waals surface area contributed by atoms with Crippen LogP contribution in [-0.2, 0) is 18.9 Å². The van der Waals surface area contributed by atoms with Crippen LogP contribution in [-0.4, -0.2) is 40.5 Å². The third kappa shape index (κ3) is 3.60. The predicted octanol–water partition coefficient (Wildman–Crippen LogP) is 1.39. The zero-order valence-electron chi connectivity index (χ0n) is 9.12. The molecule has 80 valence electrons. The highest BCUT2D eigenvalue weighted by molar-refractivity contribution is 4.68. The smallest absolute Gasteiger partial charge is 0.172 e. The third-order valence-electron chi connectivity index (χ3n) is 2.29. The fourth-order valence-electron chi connectivity index (χ4n) is 1.20. The van der Waals surface area contributed by atoms with Crippen molar-refractivity contribution in [2.75, 3.05) is 28.4 Å². The minimum Gasteiger partial charge on any atom is -0.356 e. The van der Waals surface area contributed by atoms with Crippen molar-refractivity contribution in [3.8, 4) is 0 Å². The van der Waals surface area contributed by atoms with E-state index in [1.165, 1.54) is 0 Å². The van der Waals surface area contributed by atoms with Crippen molar-refractivity contribution in [3.63, 3.8) is 0 Å². The molecule has 0 bridgehead atoms. The van der Waals surface area contributed by atoms with Crippen LogP contribution in [0.15, 0.2) is 0 Å². The molecule has 0 saturated heterocycles. The topological polar surface area (TPSA) is 36.9 Å². The lowest BCUT2D eigenvalue weighted by Crippen LogP contribution is -2.38. The molecule has 0 aromatic carbocycles. The second-order valence-electron chi connectivity index (χ2n) is 2.78. The Morgan fingerprint density at radius 1 is 1.00 bits per heavy atom. The van der Waals surface area contributed by atoms with Gasteiger partial charge in [-0.25, -0.2) is 0 Å². The van der Waals surface area contributed by atoms with Crippen LogP contribution in [0.25, 0.3) is 0 Å². The van der Waals surface area contributed by atoms with Gasteiger partial charge >= 0.3 is 0 Å². The minimum atomic E-state index is -0.601.